The number of nitrogens with zero attached hydrogens (tertiary/aromatic N) is 1. The largest absolute Gasteiger partial charge is 0.748 e. The maximum atomic E-state index is 10.5. The lowest BCUT2D eigenvalue weighted by molar-refractivity contribution is -0.676. The summed E-state index contributed by atoms with van der Waals surface area (Å²) >= 11 is 3.27. The van der Waals surface area contributed by atoms with Crippen molar-refractivity contribution in [2.45, 2.75) is 10.8 Å². The Morgan fingerprint density at radius 1 is 1.39 bits per heavy atom. The minimum absolute atomic E-state index is 0.283. The van der Waals surface area contributed by atoms with Gasteiger partial charge in [0, 0.05) is 17.6 Å². The lowest BCUT2D eigenvalue weighted by atomic mass is 10.3. The van der Waals surface area contributed by atoms with Gasteiger partial charge in [-0.15, -0.1) is 0 Å². The molecule has 0 aliphatic rings. The van der Waals surface area contributed by atoms with Crippen molar-refractivity contribution in [2.24, 2.45) is 7.05 Å². The molecule has 7 heteroatoms. The fraction of sp³-hybridized carbons (Fsp3) is 0.364. The number of aryl methyl sites for hydroxylation is 1. The molecule has 0 saturated carbocycles. The second-order valence-corrected chi connectivity index (χ2v) is 7.75. The molecule has 0 aliphatic heterocycles. The smallest absolute Gasteiger partial charge is 0.298 e. The van der Waals surface area contributed by atoms with Gasteiger partial charge in [0.25, 0.3) is 4.34 Å². The van der Waals surface area contributed by atoms with Crippen molar-refractivity contribution >= 4 is 43.4 Å². The second-order valence-electron chi connectivity index (χ2n) is 3.86. The molecule has 0 N–H and O–H groups in total. The number of fused-ring (bicyclic) bond motifs is 1. The highest BCUT2D eigenvalue weighted by molar-refractivity contribution is 8.01. The highest BCUT2D eigenvalue weighted by Gasteiger charge is 2.16. The minimum atomic E-state index is -4.08. The highest BCUT2D eigenvalue weighted by atomic mass is 32.2. The standard InChI is InChI=1S/C11H13NO3S3/c1-12-9-5-2-3-6-10(9)17-11(12)16-7-4-8-18(13,14)15/h2-3,5-6H,4,7-8H2,1H3. The maximum absolute atomic E-state index is 10.5. The second kappa shape index (κ2) is 5.56. The van der Waals surface area contributed by atoms with Crippen molar-refractivity contribution in [1.29, 1.82) is 0 Å². The minimum Gasteiger partial charge on any atom is -0.748 e. The van der Waals surface area contributed by atoms with Crippen molar-refractivity contribution in [3.05, 3.63) is 24.3 Å². The molecule has 2 aromatic rings. The number of aromatic nitrogens is 1. The first-order valence-electron chi connectivity index (χ1n) is 5.41. The molecule has 1 heterocycles. The van der Waals surface area contributed by atoms with E-state index >= 15 is 0 Å². The van der Waals surface area contributed by atoms with E-state index in [0.717, 1.165) is 4.34 Å². The van der Waals surface area contributed by atoms with Crippen molar-refractivity contribution < 1.29 is 17.5 Å². The van der Waals surface area contributed by atoms with Gasteiger partial charge in [-0.05, 0) is 24.2 Å². The molecule has 0 radical (unpaired) electrons. The molecule has 18 heavy (non-hydrogen) atoms. The van der Waals surface area contributed by atoms with Crippen LogP contribution in [0.2, 0.25) is 0 Å². The Bertz CT molecular complexity index is 649. The molecular formula is C11H13NO3S3. The number of hydrogen-bond acceptors (Lipinski definition) is 5. The molecule has 0 fully saturated rings. The molecule has 2 rings (SSSR count). The van der Waals surface area contributed by atoms with E-state index in [-0.39, 0.29) is 5.75 Å². The summed E-state index contributed by atoms with van der Waals surface area (Å²) < 4.78 is 35.9. The van der Waals surface area contributed by atoms with Crippen LogP contribution >= 0.6 is 23.1 Å². The monoisotopic (exact) mass is 303 g/mol. The lowest BCUT2D eigenvalue weighted by Gasteiger charge is -2.04. The quantitative estimate of drug-likeness (QED) is 0.365. The number of thiazole rings is 1. The van der Waals surface area contributed by atoms with E-state index in [1.807, 2.05) is 19.2 Å². The number of para-hydroxylation sites is 1. The van der Waals surface area contributed by atoms with Crippen LogP contribution in [0.25, 0.3) is 10.2 Å². The van der Waals surface area contributed by atoms with E-state index in [0.29, 0.717) is 12.2 Å². The Morgan fingerprint density at radius 3 is 2.78 bits per heavy atom. The predicted octanol–water partition coefficient (Wildman–Crippen LogP) is 1.75. The third kappa shape index (κ3) is 3.44. The average molecular weight is 303 g/mol. The zero-order valence-electron chi connectivity index (χ0n) is 9.83. The van der Waals surface area contributed by atoms with Crippen LogP contribution in [0.3, 0.4) is 0 Å². The average Bonchev–Trinajstić information content (AvgIpc) is 2.62. The number of benzene rings is 1. The summed E-state index contributed by atoms with van der Waals surface area (Å²) in [6.45, 7) is 0. The third-order valence-electron chi connectivity index (χ3n) is 2.46. The van der Waals surface area contributed by atoms with Gasteiger partial charge in [0.05, 0.1) is 10.1 Å². The SMILES string of the molecule is C[n+]1c(SCCCS(=O)(=O)[O-])sc2ccccc21. The van der Waals surface area contributed by atoms with Crippen molar-refractivity contribution in [2.75, 3.05) is 11.5 Å². The van der Waals surface area contributed by atoms with Crippen LogP contribution in [0.1, 0.15) is 6.42 Å². The molecular weight excluding hydrogens is 290 g/mol. The molecule has 1 aromatic heterocycles. The van der Waals surface area contributed by atoms with Gasteiger partial charge in [0.2, 0.25) is 5.52 Å². The van der Waals surface area contributed by atoms with E-state index in [9.17, 15) is 13.0 Å². The van der Waals surface area contributed by atoms with Crippen LogP contribution in [-0.2, 0) is 17.2 Å². The van der Waals surface area contributed by atoms with Gasteiger partial charge >= 0.3 is 0 Å². The third-order valence-corrected chi connectivity index (χ3v) is 5.88. The summed E-state index contributed by atoms with van der Waals surface area (Å²) in [5.74, 6) is 0.358. The summed E-state index contributed by atoms with van der Waals surface area (Å²) in [5, 5.41) is 0. The van der Waals surface area contributed by atoms with Gasteiger partial charge in [0.15, 0.2) is 0 Å². The highest BCUT2D eigenvalue weighted by Crippen LogP contribution is 2.27. The topological polar surface area (TPSA) is 61.1 Å². The predicted molar refractivity (Wildman–Crippen MR) is 72.9 cm³/mol. The molecule has 0 spiro atoms. The molecule has 0 unspecified atom stereocenters. The number of thioether (sulfide) groups is 1. The molecule has 0 aliphatic carbocycles. The van der Waals surface area contributed by atoms with Gasteiger partial charge < -0.3 is 4.55 Å². The zero-order valence-corrected chi connectivity index (χ0v) is 12.3. The van der Waals surface area contributed by atoms with Crippen molar-refractivity contribution in [1.82, 2.24) is 0 Å². The van der Waals surface area contributed by atoms with Gasteiger partial charge in [0.1, 0.15) is 11.7 Å². The number of rotatable bonds is 5. The summed E-state index contributed by atoms with van der Waals surface area (Å²) in [7, 11) is -2.09. The van der Waals surface area contributed by atoms with Crippen LogP contribution in [-0.4, -0.2) is 24.5 Å². The summed E-state index contributed by atoms with van der Waals surface area (Å²) in [6.07, 6.45) is 0.394. The maximum Gasteiger partial charge on any atom is 0.298 e. The van der Waals surface area contributed by atoms with Gasteiger partial charge in [-0.3, -0.25) is 0 Å². The summed E-state index contributed by atoms with van der Waals surface area (Å²) in [4.78, 5) is 0. The molecule has 0 bridgehead atoms. The summed E-state index contributed by atoms with van der Waals surface area (Å²) in [5.41, 5.74) is 1.17. The fourth-order valence-corrected chi connectivity index (χ4v) is 4.67. The molecule has 0 amide bonds. The molecule has 98 valence electrons. The Balaban J connectivity index is 2.02. The van der Waals surface area contributed by atoms with E-state index in [1.54, 1.807) is 23.1 Å². The van der Waals surface area contributed by atoms with Crippen LogP contribution in [0.4, 0.5) is 0 Å². The zero-order chi connectivity index (χ0) is 13.2. The Hall–Kier alpha value is -0.630. The van der Waals surface area contributed by atoms with Gasteiger partial charge in [-0.25, -0.2) is 8.42 Å². The molecule has 4 nitrogen and oxygen atoms in total. The van der Waals surface area contributed by atoms with Gasteiger partial charge in [-0.1, -0.05) is 23.5 Å². The normalized spacial score (nSPS) is 12.1. The van der Waals surface area contributed by atoms with Crippen LogP contribution in [0.5, 0.6) is 0 Å². The lowest BCUT2D eigenvalue weighted by Crippen LogP contribution is -2.28. The molecule has 0 atom stereocenters. The van der Waals surface area contributed by atoms with Crippen molar-refractivity contribution in [3.8, 4) is 0 Å². The van der Waals surface area contributed by atoms with Crippen LogP contribution < -0.4 is 4.57 Å². The van der Waals surface area contributed by atoms with E-state index in [2.05, 4.69) is 16.7 Å². The van der Waals surface area contributed by atoms with Crippen molar-refractivity contribution in [3.63, 3.8) is 0 Å². The first-order valence-corrected chi connectivity index (χ1v) is 8.79. The van der Waals surface area contributed by atoms with Crippen LogP contribution in [0, 0.1) is 0 Å². The Morgan fingerprint density at radius 2 is 2.11 bits per heavy atom. The molecule has 1 aromatic carbocycles. The van der Waals surface area contributed by atoms with Crippen LogP contribution in [0.15, 0.2) is 28.6 Å². The Labute approximate surface area is 114 Å². The van der Waals surface area contributed by atoms with E-state index in [1.165, 1.54) is 10.2 Å². The first-order chi connectivity index (χ1) is 8.47. The Kier molecular flexibility index (Phi) is 4.26. The fourth-order valence-electron chi connectivity index (χ4n) is 1.60. The first kappa shape index (κ1) is 13.8. The summed E-state index contributed by atoms with van der Waals surface area (Å²) in [6, 6.07) is 8.11. The molecule has 0 saturated heterocycles. The van der Waals surface area contributed by atoms with Gasteiger partial charge in [-0.2, -0.15) is 4.57 Å². The van der Waals surface area contributed by atoms with E-state index < -0.39 is 10.1 Å². The van der Waals surface area contributed by atoms with E-state index in [4.69, 9.17) is 0 Å². The number of hydrogen-bond donors (Lipinski definition) is 0.